The van der Waals surface area contributed by atoms with Gasteiger partial charge in [0.05, 0.1) is 6.10 Å². The molecule has 0 unspecified atom stereocenters. The van der Waals surface area contributed by atoms with E-state index in [0.29, 0.717) is 29.7 Å². The number of aliphatic hydroxyl groups is 1. The van der Waals surface area contributed by atoms with Gasteiger partial charge in [0, 0.05) is 35.2 Å². The van der Waals surface area contributed by atoms with Gasteiger partial charge in [0.1, 0.15) is 0 Å². The second-order valence-electron chi connectivity index (χ2n) is 5.91. The highest BCUT2D eigenvalue weighted by Crippen LogP contribution is 2.33. The lowest BCUT2D eigenvalue weighted by atomic mass is 10.1. The van der Waals surface area contributed by atoms with E-state index in [-0.39, 0.29) is 6.79 Å². The summed E-state index contributed by atoms with van der Waals surface area (Å²) in [7, 11) is 0. The van der Waals surface area contributed by atoms with Crippen LogP contribution in [0.1, 0.15) is 18.1 Å². The second-order valence-corrected chi connectivity index (χ2v) is 6.72. The Kier molecular flexibility index (Phi) is 5.51. The minimum atomic E-state index is -0.458. The lowest BCUT2D eigenvalue weighted by molar-refractivity contribution is 0.118. The third-order valence-corrected chi connectivity index (χ3v) is 4.52. The normalized spacial score (nSPS) is 14.2. The van der Waals surface area contributed by atoms with E-state index in [4.69, 9.17) is 32.7 Å². The number of hydrogen-bond donors (Lipinski definition) is 1. The zero-order chi connectivity index (χ0) is 17.1. The summed E-state index contributed by atoms with van der Waals surface area (Å²) in [5.41, 5.74) is 1.94. The molecule has 0 aromatic heterocycles. The van der Waals surface area contributed by atoms with Crippen LogP contribution in [0.3, 0.4) is 0 Å². The molecule has 0 radical (unpaired) electrons. The maximum Gasteiger partial charge on any atom is 0.231 e. The summed E-state index contributed by atoms with van der Waals surface area (Å²) in [4.78, 5) is 2.11. The van der Waals surface area contributed by atoms with Crippen molar-refractivity contribution >= 4 is 23.2 Å². The topological polar surface area (TPSA) is 41.9 Å². The Bertz CT molecular complexity index is 701. The van der Waals surface area contributed by atoms with Crippen molar-refractivity contribution in [3.63, 3.8) is 0 Å². The number of fused-ring (bicyclic) bond motifs is 1. The molecular weight excluding hydrogens is 349 g/mol. The van der Waals surface area contributed by atoms with Crippen molar-refractivity contribution in [2.75, 3.05) is 13.3 Å². The van der Waals surface area contributed by atoms with Gasteiger partial charge in [-0.2, -0.15) is 0 Å². The zero-order valence-corrected chi connectivity index (χ0v) is 14.8. The van der Waals surface area contributed by atoms with Crippen LogP contribution in [0.4, 0.5) is 0 Å². The molecule has 1 aliphatic heterocycles. The van der Waals surface area contributed by atoms with Crippen molar-refractivity contribution in [3.05, 3.63) is 57.6 Å². The lowest BCUT2D eigenvalue weighted by Gasteiger charge is -2.25. The first-order valence-electron chi connectivity index (χ1n) is 7.75. The number of ether oxygens (including phenoxy) is 2. The first-order valence-corrected chi connectivity index (χ1v) is 8.50. The molecule has 1 atom stereocenters. The molecule has 0 spiro atoms. The van der Waals surface area contributed by atoms with Gasteiger partial charge in [-0.25, -0.2) is 0 Å². The third kappa shape index (κ3) is 4.14. The molecule has 4 nitrogen and oxygen atoms in total. The van der Waals surface area contributed by atoms with Crippen molar-refractivity contribution in [1.82, 2.24) is 4.90 Å². The molecule has 0 fully saturated rings. The Morgan fingerprint density at radius 3 is 2.50 bits per heavy atom. The van der Waals surface area contributed by atoms with Crippen LogP contribution in [-0.2, 0) is 13.1 Å². The van der Waals surface area contributed by atoms with Gasteiger partial charge in [-0.1, -0.05) is 35.3 Å². The fraction of sp³-hybridized carbons (Fsp3) is 0.333. The van der Waals surface area contributed by atoms with Crippen LogP contribution in [0, 0.1) is 0 Å². The molecule has 0 amide bonds. The van der Waals surface area contributed by atoms with Crippen molar-refractivity contribution in [1.29, 1.82) is 0 Å². The smallest absolute Gasteiger partial charge is 0.231 e. The summed E-state index contributed by atoms with van der Waals surface area (Å²) < 4.78 is 10.8. The van der Waals surface area contributed by atoms with E-state index in [1.807, 2.05) is 36.4 Å². The van der Waals surface area contributed by atoms with Gasteiger partial charge in [0.2, 0.25) is 6.79 Å². The Morgan fingerprint density at radius 1 is 1.08 bits per heavy atom. The maximum atomic E-state index is 9.82. The summed E-state index contributed by atoms with van der Waals surface area (Å²) in [6, 6.07) is 11.3. The van der Waals surface area contributed by atoms with E-state index in [1.54, 1.807) is 6.92 Å². The number of nitrogens with zero attached hydrogens (tertiary/aromatic N) is 1. The van der Waals surface area contributed by atoms with Crippen LogP contribution in [0.2, 0.25) is 10.0 Å². The SMILES string of the molecule is C[C@@H](O)CN(Cc1ccc2c(c1)OCO2)Cc1c(Cl)cccc1Cl. The Labute approximate surface area is 151 Å². The van der Waals surface area contributed by atoms with Gasteiger partial charge in [-0.15, -0.1) is 0 Å². The van der Waals surface area contributed by atoms with Crippen molar-refractivity contribution in [3.8, 4) is 11.5 Å². The Morgan fingerprint density at radius 2 is 1.79 bits per heavy atom. The van der Waals surface area contributed by atoms with Gasteiger partial charge < -0.3 is 14.6 Å². The van der Waals surface area contributed by atoms with Crippen LogP contribution < -0.4 is 9.47 Å². The molecule has 0 saturated heterocycles. The number of benzene rings is 2. The monoisotopic (exact) mass is 367 g/mol. The molecule has 6 heteroatoms. The molecule has 1 heterocycles. The average molecular weight is 368 g/mol. The summed E-state index contributed by atoms with van der Waals surface area (Å²) in [6.45, 7) is 3.73. The quantitative estimate of drug-likeness (QED) is 0.834. The molecule has 3 rings (SSSR count). The fourth-order valence-electron chi connectivity index (χ4n) is 2.76. The van der Waals surface area contributed by atoms with E-state index < -0.39 is 6.10 Å². The van der Waals surface area contributed by atoms with E-state index in [1.165, 1.54) is 0 Å². The predicted molar refractivity (Wildman–Crippen MR) is 94.8 cm³/mol. The first-order chi connectivity index (χ1) is 11.5. The Balaban J connectivity index is 1.79. The highest BCUT2D eigenvalue weighted by molar-refractivity contribution is 6.35. The average Bonchev–Trinajstić information content (AvgIpc) is 2.98. The molecule has 2 aromatic rings. The molecular formula is C18H19Cl2NO3. The summed E-state index contributed by atoms with van der Waals surface area (Å²) in [5.74, 6) is 1.51. The molecule has 1 N–H and O–H groups in total. The van der Waals surface area contributed by atoms with Crippen LogP contribution in [0.15, 0.2) is 36.4 Å². The van der Waals surface area contributed by atoms with Crippen LogP contribution in [-0.4, -0.2) is 29.4 Å². The van der Waals surface area contributed by atoms with Crippen molar-refractivity contribution in [2.45, 2.75) is 26.1 Å². The van der Waals surface area contributed by atoms with Gasteiger partial charge in [0.15, 0.2) is 11.5 Å². The second kappa shape index (κ2) is 7.62. The van der Waals surface area contributed by atoms with Crippen LogP contribution in [0.25, 0.3) is 0 Å². The van der Waals surface area contributed by atoms with E-state index in [2.05, 4.69) is 4.90 Å². The lowest BCUT2D eigenvalue weighted by Crippen LogP contribution is -2.30. The molecule has 128 valence electrons. The van der Waals surface area contributed by atoms with Gasteiger partial charge in [-0.05, 0) is 36.8 Å². The summed E-state index contributed by atoms with van der Waals surface area (Å²) in [6.07, 6.45) is -0.458. The number of rotatable bonds is 6. The van der Waals surface area contributed by atoms with Gasteiger partial charge in [-0.3, -0.25) is 4.90 Å². The maximum absolute atomic E-state index is 9.82. The first kappa shape index (κ1) is 17.4. The molecule has 0 bridgehead atoms. The minimum absolute atomic E-state index is 0.255. The van der Waals surface area contributed by atoms with Gasteiger partial charge in [0.25, 0.3) is 0 Å². The predicted octanol–water partition coefficient (Wildman–Crippen LogP) is 4.11. The molecule has 24 heavy (non-hydrogen) atoms. The van der Waals surface area contributed by atoms with Gasteiger partial charge >= 0.3 is 0 Å². The Hall–Kier alpha value is -1.46. The minimum Gasteiger partial charge on any atom is -0.454 e. The number of aliphatic hydroxyl groups excluding tert-OH is 1. The van der Waals surface area contributed by atoms with Crippen LogP contribution >= 0.6 is 23.2 Å². The molecule has 0 aliphatic carbocycles. The number of hydrogen-bond acceptors (Lipinski definition) is 4. The molecule has 2 aromatic carbocycles. The zero-order valence-electron chi connectivity index (χ0n) is 13.3. The fourth-order valence-corrected chi connectivity index (χ4v) is 3.28. The standard InChI is InChI=1S/C18H19Cl2NO3/c1-12(22)8-21(10-14-15(19)3-2-4-16(14)20)9-13-5-6-17-18(7-13)24-11-23-17/h2-7,12,22H,8-11H2,1H3/t12-/m1/s1. The third-order valence-electron chi connectivity index (χ3n) is 3.81. The summed E-state index contributed by atoms with van der Waals surface area (Å²) >= 11 is 12.6. The number of halogens is 2. The largest absolute Gasteiger partial charge is 0.454 e. The highest BCUT2D eigenvalue weighted by atomic mass is 35.5. The highest BCUT2D eigenvalue weighted by Gasteiger charge is 2.17. The van der Waals surface area contributed by atoms with Crippen molar-refractivity contribution < 1.29 is 14.6 Å². The van der Waals surface area contributed by atoms with E-state index in [9.17, 15) is 5.11 Å². The molecule has 1 aliphatic rings. The summed E-state index contributed by atoms with van der Waals surface area (Å²) in [5, 5.41) is 11.1. The van der Waals surface area contributed by atoms with E-state index >= 15 is 0 Å². The van der Waals surface area contributed by atoms with E-state index in [0.717, 1.165) is 22.6 Å². The van der Waals surface area contributed by atoms with Crippen LogP contribution in [0.5, 0.6) is 11.5 Å². The molecule has 0 saturated carbocycles. The van der Waals surface area contributed by atoms with Crippen molar-refractivity contribution in [2.24, 2.45) is 0 Å².